The predicted molar refractivity (Wildman–Crippen MR) is 74.0 cm³/mol. The number of hydrogen-bond acceptors (Lipinski definition) is 3. The van der Waals surface area contributed by atoms with Crippen LogP contribution in [0.4, 0.5) is 5.69 Å². The summed E-state index contributed by atoms with van der Waals surface area (Å²) >= 11 is 0. The van der Waals surface area contributed by atoms with Crippen LogP contribution in [0.25, 0.3) is 5.65 Å². The van der Waals surface area contributed by atoms with Crippen molar-refractivity contribution in [2.24, 2.45) is 12.0 Å². The van der Waals surface area contributed by atoms with Gasteiger partial charge in [0, 0.05) is 18.4 Å². The van der Waals surface area contributed by atoms with Gasteiger partial charge in [-0.05, 0) is 6.72 Å². The first-order valence-corrected chi connectivity index (χ1v) is 6.20. The highest BCUT2D eigenvalue weighted by atomic mass is 15.5. The monoisotopic (exact) mass is 247 g/mol. The summed E-state index contributed by atoms with van der Waals surface area (Å²) in [4.78, 5) is 4.16. The number of aryl methyl sites for hydroxylation is 1. The van der Waals surface area contributed by atoms with Crippen LogP contribution in [0.3, 0.4) is 0 Å². The Bertz CT molecular complexity index is 595. The minimum atomic E-state index is -0.0672. The molecule has 2 aromatic rings. The van der Waals surface area contributed by atoms with Gasteiger partial charge in [0.25, 0.3) is 0 Å². The second kappa shape index (κ2) is 3.93. The summed E-state index contributed by atoms with van der Waals surface area (Å²) in [5, 5.41) is 9.10. The van der Waals surface area contributed by atoms with E-state index in [1.807, 2.05) is 7.05 Å². The Labute approximate surface area is 108 Å². The van der Waals surface area contributed by atoms with Gasteiger partial charge in [-0.1, -0.05) is 34.6 Å². The Morgan fingerprint density at radius 3 is 2.28 bits per heavy atom. The normalized spacial score (nSPS) is 12.6. The second-order valence-corrected chi connectivity index (χ2v) is 5.99. The van der Waals surface area contributed by atoms with E-state index >= 15 is 0 Å². The van der Waals surface area contributed by atoms with Crippen LogP contribution >= 0.6 is 0 Å². The molecule has 0 saturated heterocycles. The molecule has 0 aromatic carbocycles. The van der Waals surface area contributed by atoms with E-state index in [9.17, 15) is 0 Å². The van der Waals surface area contributed by atoms with E-state index in [0.717, 1.165) is 22.9 Å². The fourth-order valence-electron chi connectivity index (χ4n) is 2.18. The molecule has 2 rings (SSSR count). The average molecular weight is 247 g/mol. The maximum Gasteiger partial charge on any atom is 0.184 e. The summed E-state index contributed by atoms with van der Waals surface area (Å²) in [6.07, 6.45) is 0. The molecule has 2 heterocycles. The molecule has 0 atom stereocenters. The van der Waals surface area contributed by atoms with Gasteiger partial charge in [0.1, 0.15) is 11.5 Å². The predicted octanol–water partition coefficient (Wildman–Crippen LogP) is 2.82. The molecule has 98 valence electrons. The summed E-state index contributed by atoms with van der Waals surface area (Å²) in [7, 11) is 2.00. The lowest BCUT2D eigenvalue weighted by Gasteiger charge is -2.15. The first-order valence-electron chi connectivity index (χ1n) is 6.20. The first-order chi connectivity index (χ1) is 8.27. The maximum atomic E-state index is 4.57. The van der Waals surface area contributed by atoms with Gasteiger partial charge in [-0.15, -0.1) is 9.73 Å². The van der Waals surface area contributed by atoms with Crippen LogP contribution in [0.2, 0.25) is 0 Å². The Morgan fingerprint density at radius 1 is 1.22 bits per heavy atom. The molecule has 0 aliphatic rings. The zero-order valence-corrected chi connectivity index (χ0v) is 12.0. The molecule has 0 spiro atoms. The molecule has 2 aromatic heterocycles. The van der Waals surface area contributed by atoms with Crippen LogP contribution in [0, 0.1) is 0 Å². The van der Waals surface area contributed by atoms with Crippen LogP contribution in [-0.2, 0) is 12.5 Å². The summed E-state index contributed by atoms with van der Waals surface area (Å²) in [6, 6.07) is 0. The third-order valence-corrected chi connectivity index (χ3v) is 3.06. The molecule has 5 heteroatoms. The largest absolute Gasteiger partial charge is 0.313 e. The summed E-state index contributed by atoms with van der Waals surface area (Å²) in [5.74, 6) is 1.36. The van der Waals surface area contributed by atoms with E-state index in [0.29, 0.717) is 5.92 Å². The number of nitrogens with zero attached hydrogens (tertiary/aromatic N) is 5. The summed E-state index contributed by atoms with van der Waals surface area (Å²) < 4.78 is 3.73. The van der Waals surface area contributed by atoms with Gasteiger partial charge >= 0.3 is 0 Å². The van der Waals surface area contributed by atoms with Crippen molar-refractivity contribution in [3.8, 4) is 0 Å². The molecular weight excluding hydrogens is 226 g/mol. The van der Waals surface area contributed by atoms with Crippen molar-refractivity contribution in [3.05, 3.63) is 11.5 Å². The molecule has 18 heavy (non-hydrogen) atoms. The quantitative estimate of drug-likeness (QED) is 0.766. The molecule has 0 unspecified atom stereocenters. The topological polar surface area (TPSA) is 47.5 Å². The molecular formula is C13H21N5. The Balaban J connectivity index is 2.79. The van der Waals surface area contributed by atoms with Gasteiger partial charge in [-0.2, -0.15) is 5.10 Å². The van der Waals surface area contributed by atoms with Gasteiger partial charge in [-0.3, -0.25) is 4.99 Å². The Morgan fingerprint density at radius 2 is 1.83 bits per heavy atom. The van der Waals surface area contributed by atoms with Gasteiger partial charge in [0.15, 0.2) is 5.65 Å². The highest BCUT2D eigenvalue weighted by Gasteiger charge is 2.27. The van der Waals surface area contributed by atoms with E-state index in [4.69, 9.17) is 0 Å². The molecule has 0 aliphatic carbocycles. The zero-order valence-electron chi connectivity index (χ0n) is 12.0. The minimum absolute atomic E-state index is 0.0672. The number of aliphatic imine (C=N–C) groups is 1. The van der Waals surface area contributed by atoms with Crippen molar-refractivity contribution in [2.45, 2.75) is 46.0 Å². The molecule has 0 bridgehead atoms. The van der Waals surface area contributed by atoms with Gasteiger partial charge in [-0.25, -0.2) is 0 Å². The van der Waals surface area contributed by atoms with Gasteiger partial charge in [0.05, 0.1) is 5.69 Å². The number of aromatic nitrogens is 4. The van der Waals surface area contributed by atoms with Crippen molar-refractivity contribution in [2.75, 3.05) is 0 Å². The fourth-order valence-corrected chi connectivity index (χ4v) is 2.18. The highest BCUT2D eigenvalue weighted by molar-refractivity contribution is 5.71. The maximum absolute atomic E-state index is 4.57. The lowest BCUT2D eigenvalue weighted by Crippen LogP contribution is -2.13. The van der Waals surface area contributed by atoms with Crippen LogP contribution < -0.4 is 0 Å². The molecule has 0 fully saturated rings. The van der Waals surface area contributed by atoms with E-state index in [1.165, 1.54) is 0 Å². The molecule has 0 radical (unpaired) electrons. The lowest BCUT2D eigenvalue weighted by atomic mass is 9.91. The zero-order chi connectivity index (χ0) is 13.7. The van der Waals surface area contributed by atoms with E-state index < -0.39 is 0 Å². The molecule has 0 N–H and O–H groups in total. The van der Waals surface area contributed by atoms with Gasteiger partial charge < -0.3 is 4.57 Å². The van der Waals surface area contributed by atoms with Crippen molar-refractivity contribution in [1.29, 1.82) is 0 Å². The molecule has 0 amide bonds. The summed E-state index contributed by atoms with van der Waals surface area (Å²) in [5.41, 5.74) is 2.62. The van der Waals surface area contributed by atoms with Crippen LogP contribution in [0.5, 0.6) is 0 Å². The first kappa shape index (κ1) is 12.8. The molecule has 0 aliphatic heterocycles. The third kappa shape index (κ3) is 1.74. The molecule has 0 saturated carbocycles. The van der Waals surface area contributed by atoms with Crippen molar-refractivity contribution in [3.63, 3.8) is 0 Å². The van der Waals surface area contributed by atoms with Crippen molar-refractivity contribution < 1.29 is 0 Å². The fraction of sp³-hybridized carbons (Fsp3) is 0.615. The second-order valence-electron chi connectivity index (χ2n) is 5.99. The van der Waals surface area contributed by atoms with Crippen LogP contribution in [0.15, 0.2) is 4.99 Å². The molecule has 5 nitrogen and oxygen atoms in total. The Kier molecular flexibility index (Phi) is 2.80. The van der Waals surface area contributed by atoms with Crippen molar-refractivity contribution >= 4 is 18.1 Å². The third-order valence-electron chi connectivity index (χ3n) is 3.06. The highest BCUT2D eigenvalue weighted by Crippen LogP contribution is 2.34. The van der Waals surface area contributed by atoms with Crippen molar-refractivity contribution in [1.82, 2.24) is 19.4 Å². The smallest absolute Gasteiger partial charge is 0.184 e. The SMILES string of the molecule is C=Nc1c(C(C)(C)C)nn2nc(C(C)C)n(C)c12. The van der Waals surface area contributed by atoms with E-state index in [-0.39, 0.29) is 5.41 Å². The van der Waals surface area contributed by atoms with Crippen LogP contribution in [-0.4, -0.2) is 26.1 Å². The number of hydrogen-bond donors (Lipinski definition) is 0. The van der Waals surface area contributed by atoms with E-state index in [1.54, 1.807) is 4.63 Å². The summed E-state index contributed by atoms with van der Waals surface area (Å²) in [6.45, 7) is 14.3. The lowest BCUT2D eigenvalue weighted by molar-refractivity contribution is 0.555. The number of fused-ring (bicyclic) bond motifs is 1. The average Bonchev–Trinajstić information content (AvgIpc) is 2.75. The van der Waals surface area contributed by atoms with Crippen LogP contribution in [0.1, 0.15) is 52.1 Å². The standard InChI is InChI=1S/C13H21N5/c1-8(2)11-16-18-12(17(11)7)9(14-6)10(15-18)13(3,4)5/h8H,6H2,1-5,7H3. The number of rotatable bonds is 2. The minimum Gasteiger partial charge on any atom is -0.313 e. The van der Waals surface area contributed by atoms with E-state index in [2.05, 4.69) is 61.1 Å². The van der Waals surface area contributed by atoms with Gasteiger partial charge in [0.2, 0.25) is 0 Å². The Hall–Kier alpha value is -1.65.